The number of benzene rings is 1. The summed E-state index contributed by atoms with van der Waals surface area (Å²) in [5.41, 5.74) is 9.32. The summed E-state index contributed by atoms with van der Waals surface area (Å²) < 4.78 is 15.5. The molecule has 0 saturated carbocycles. The summed E-state index contributed by atoms with van der Waals surface area (Å²) in [5, 5.41) is 0. The van der Waals surface area contributed by atoms with Crippen LogP contribution in [0.1, 0.15) is 5.56 Å². The molecule has 18 heavy (non-hydrogen) atoms. The maximum atomic E-state index is 13.7. The van der Waals surface area contributed by atoms with Crippen molar-refractivity contribution >= 4 is 11.3 Å². The molecule has 0 bridgehead atoms. The molecule has 2 heterocycles. The summed E-state index contributed by atoms with van der Waals surface area (Å²) >= 11 is 0. The lowest BCUT2D eigenvalue weighted by atomic mass is 10.1. The van der Waals surface area contributed by atoms with Gasteiger partial charge in [-0.3, -0.25) is 0 Å². The van der Waals surface area contributed by atoms with Gasteiger partial charge in [-0.2, -0.15) is 0 Å². The van der Waals surface area contributed by atoms with E-state index in [4.69, 9.17) is 5.73 Å². The standard InChI is InChI=1S/C14H12FN3/c1-9-6-10(16)7-18-8-13(17-14(9)18)11-4-2-3-5-12(11)15/h2-8H,16H2,1H3. The molecule has 90 valence electrons. The van der Waals surface area contributed by atoms with E-state index in [0.29, 0.717) is 16.9 Å². The molecule has 0 aliphatic carbocycles. The molecule has 0 aliphatic rings. The van der Waals surface area contributed by atoms with Crippen LogP contribution in [0.25, 0.3) is 16.9 Å². The minimum Gasteiger partial charge on any atom is -0.398 e. The molecule has 0 amide bonds. The molecule has 4 heteroatoms. The fourth-order valence-electron chi connectivity index (χ4n) is 2.09. The highest BCUT2D eigenvalue weighted by molar-refractivity contribution is 5.66. The Kier molecular flexibility index (Phi) is 2.30. The number of nitrogens with two attached hydrogens (primary N) is 1. The van der Waals surface area contributed by atoms with Gasteiger partial charge < -0.3 is 10.1 Å². The van der Waals surface area contributed by atoms with E-state index in [1.807, 2.05) is 17.4 Å². The van der Waals surface area contributed by atoms with Gasteiger partial charge in [0.2, 0.25) is 0 Å². The Morgan fingerprint density at radius 1 is 1.22 bits per heavy atom. The van der Waals surface area contributed by atoms with Crippen LogP contribution in [-0.4, -0.2) is 9.38 Å². The molecule has 0 aliphatic heterocycles. The summed E-state index contributed by atoms with van der Waals surface area (Å²) in [6.45, 7) is 1.93. The zero-order valence-electron chi connectivity index (χ0n) is 9.89. The van der Waals surface area contributed by atoms with Crippen molar-refractivity contribution in [2.75, 3.05) is 5.73 Å². The first-order valence-electron chi connectivity index (χ1n) is 5.65. The van der Waals surface area contributed by atoms with Crippen LogP contribution in [0.15, 0.2) is 42.7 Å². The second kappa shape index (κ2) is 3.84. The van der Waals surface area contributed by atoms with Crippen LogP contribution in [0, 0.1) is 12.7 Å². The largest absolute Gasteiger partial charge is 0.398 e. The Hall–Kier alpha value is -2.36. The van der Waals surface area contributed by atoms with Crippen molar-refractivity contribution in [1.82, 2.24) is 9.38 Å². The average molecular weight is 241 g/mol. The molecule has 0 fully saturated rings. The SMILES string of the molecule is Cc1cc(N)cn2cc(-c3ccccc3F)nc12. The van der Waals surface area contributed by atoms with Crippen LogP contribution in [0.4, 0.5) is 10.1 Å². The number of anilines is 1. The second-order valence-electron chi connectivity index (χ2n) is 4.29. The normalized spacial score (nSPS) is 11.0. The van der Waals surface area contributed by atoms with Gasteiger partial charge in [0.1, 0.15) is 11.5 Å². The highest BCUT2D eigenvalue weighted by atomic mass is 19.1. The lowest BCUT2D eigenvalue weighted by molar-refractivity contribution is 0.631. The third-order valence-corrected chi connectivity index (χ3v) is 2.91. The number of aryl methyl sites for hydroxylation is 1. The maximum Gasteiger partial charge on any atom is 0.140 e. The van der Waals surface area contributed by atoms with Gasteiger partial charge in [0.25, 0.3) is 0 Å². The van der Waals surface area contributed by atoms with E-state index in [1.54, 1.807) is 30.6 Å². The molecule has 1 aromatic carbocycles. The molecule has 3 aromatic rings. The minimum absolute atomic E-state index is 0.272. The van der Waals surface area contributed by atoms with Crippen LogP contribution >= 0.6 is 0 Å². The lowest BCUT2D eigenvalue weighted by Crippen LogP contribution is -1.92. The predicted octanol–water partition coefficient (Wildman–Crippen LogP) is 3.03. The van der Waals surface area contributed by atoms with Gasteiger partial charge in [-0.05, 0) is 30.7 Å². The molecular weight excluding hydrogens is 229 g/mol. The van der Waals surface area contributed by atoms with Gasteiger partial charge in [-0.1, -0.05) is 12.1 Å². The van der Waals surface area contributed by atoms with Crippen molar-refractivity contribution in [3.8, 4) is 11.3 Å². The average Bonchev–Trinajstić information content (AvgIpc) is 2.73. The number of aromatic nitrogens is 2. The van der Waals surface area contributed by atoms with E-state index in [2.05, 4.69) is 4.98 Å². The fraction of sp³-hybridized carbons (Fsp3) is 0.0714. The van der Waals surface area contributed by atoms with E-state index < -0.39 is 0 Å². The van der Waals surface area contributed by atoms with Crippen molar-refractivity contribution in [3.63, 3.8) is 0 Å². The van der Waals surface area contributed by atoms with Crippen LogP contribution in [0.5, 0.6) is 0 Å². The van der Waals surface area contributed by atoms with E-state index in [-0.39, 0.29) is 5.82 Å². The molecule has 0 radical (unpaired) electrons. The number of hydrogen-bond donors (Lipinski definition) is 1. The molecule has 2 N–H and O–H groups in total. The number of fused-ring (bicyclic) bond motifs is 1. The van der Waals surface area contributed by atoms with Gasteiger partial charge in [0.15, 0.2) is 0 Å². The molecular formula is C14H12FN3. The molecule has 2 aromatic heterocycles. The van der Waals surface area contributed by atoms with Crippen molar-refractivity contribution in [1.29, 1.82) is 0 Å². The molecule has 3 nitrogen and oxygen atoms in total. The summed E-state index contributed by atoms with van der Waals surface area (Å²) in [4.78, 5) is 4.45. The number of imidazole rings is 1. The minimum atomic E-state index is -0.272. The first-order valence-corrected chi connectivity index (χ1v) is 5.65. The topological polar surface area (TPSA) is 43.3 Å². The number of hydrogen-bond acceptors (Lipinski definition) is 2. The first kappa shape index (κ1) is 10.8. The Morgan fingerprint density at radius 3 is 2.78 bits per heavy atom. The molecule has 0 spiro atoms. The van der Waals surface area contributed by atoms with Crippen LogP contribution in [0.2, 0.25) is 0 Å². The van der Waals surface area contributed by atoms with Gasteiger partial charge in [0.05, 0.1) is 5.69 Å². The van der Waals surface area contributed by atoms with Gasteiger partial charge >= 0.3 is 0 Å². The third-order valence-electron chi connectivity index (χ3n) is 2.91. The van der Waals surface area contributed by atoms with Gasteiger partial charge in [-0.25, -0.2) is 9.37 Å². The Bertz CT molecular complexity index is 731. The number of halogens is 1. The zero-order valence-corrected chi connectivity index (χ0v) is 9.89. The highest BCUT2D eigenvalue weighted by Crippen LogP contribution is 2.24. The van der Waals surface area contributed by atoms with E-state index in [0.717, 1.165) is 11.2 Å². The van der Waals surface area contributed by atoms with Crippen LogP contribution in [0.3, 0.4) is 0 Å². The molecule has 0 atom stereocenters. The van der Waals surface area contributed by atoms with Crippen LogP contribution < -0.4 is 5.73 Å². The predicted molar refractivity (Wildman–Crippen MR) is 69.7 cm³/mol. The van der Waals surface area contributed by atoms with E-state index >= 15 is 0 Å². The monoisotopic (exact) mass is 241 g/mol. The summed E-state index contributed by atoms with van der Waals surface area (Å²) in [6.07, 6.45) is 3.57. The maximum absolute atomic E-state index is 13.7. The van der Waals surface area contributed by atoms with E-state index in [1.165, 1.54) is 6.07 Å². The van der Waals surface area contributed by atoms with E-state index in [9.17, 15) is 4.39 Å². The summed E-state index contributed by atoms with van der Waals surface area (Å²) in [5.74, 6) is -0.272. The quantitative estimate of drug-likeness (QED) is 0.711. The first-order chi connectivity index (χ1) is 8.65. The van der Waals surface area contributed by atoms with Crippen molar-refractivity contribution in [2.45, 2.75) is 6.92 Å². The third kappa shape index (κ3) is 1.62. The zero-order chi connectivity index (χ0) is 12.7. The van der Waals surface area contributed by atoms with Gasteiger partial charge in [0, 0.05) is 23.6 Å². The number of nitrogens with zero attached hydrogens (tertiary/aromatic N) is 2. The van der Waals surface area contributed by atoms with Crippen molar-refractivity contribution in [3.05, 3.63) is 54.1 Å². The molecule has 0 saturated heterocycles. The Labute approximate surface area is 104 Å². The smallest absolute Gasteiger partial charge is 0.140 e. The molecule has 0 unspecified atom stereocenters. The van der Waals surface area contributed by atoms with Gasteiger partial charge in [-0.15, -0.1) is 0 Å². The van der Waals surface area contributed by atoms with Crippen LogP contribution in [-0.2, 0) is 0 Å². The second-order valence-corrected chi connectivity index (χ2v) is 4.29. The number of pyridine rings is 1. The van der Waals surface area contributed by atoms with Crippen molar-refractivity contribution < 1.29 is 4.39 Å². The Balaban J connectivity index is 2.26. The lowest BCUT2D eigenvalue weighted by Gasteiger charge is -1.98. The molecule has 3 rings (SSSR count). The Morgan fingerprint density at radius 2 is 2.00 bits per heavy atom. The number of nitrogen functional groups attached to an aromatic ring is 1. The highest BCUT2D eigenvalue weighted by Gasteiger charge is 2.10. The summed E-state index contributed by atoms with van der Waals surface area (Å²) in [7, 11) is 0. The van der Waals surface area contributed by atoms with Crippen molar-refractivity contribution in [2.24, 2.45) is 0 Å². The summed E-state index contributed by atoms with van der Waals surface area (Å²) in [6, 6.07) is 8.46. The number of rotatable bonds is 1. The fourth-order valence-corrected chi connectivity index (χ4v) is 2.09.